The van der Waals surface area contributed by atoms with Crippen molar-refractivity contribution in [1.82, 2.24) is 15.6 Å². The van der Waals surface area contributed by atoms with Gasteiger partial charge < -0.3 is 10.6 Å². The number of aliphatic imine (C=N–C) groups is 1. The van der Waals surface area contributed by atoms with Crippen LogP contribution in [0.5, 0.6) is 0 Å². The van der Waals surface area contributed by atoms with E-state index >= 15 is 0 Å². The third-order valence-corrected chi connectivity index (χ3v) is 3.62. The first-order chi connectivity index (χ1) is 12.7. The number of hydrogen-bond donors (Lipinski definition) is 3. The van der Waals surface area contributed by atoms with E-state index in [0.29, 0.717) is 12.2 Å². The van der Waals surface area contributed by atoms with Crippen molar-refractivity contribution < 1.29 is 9.18 Å². The maximum atomic E-state index is 13.0. The zero-order chi connectivity index (χ0) is 18.4. The molecule has 3 rings (SSSR count). The van der Waals surface area contributed by atoms with Crippen molar-refractivity contribution >= 4 is 17.3 Å². The number of nitrogens with one attached hydrogen (secondary N) is 3. The second-order valence-electron chi connectivity index (χ2n) is 5.44. The average Bonchev–Trinajstić information content (AvgIpc) is 2.68. The van der Waals surface area contributed by atoms with Crippen molar-refractivity contribution in [3.8, 4) is 6.07 Å². The first kappa shape index (κ1) is 17.3. The number of pyridine rings is 1. The molecule has 0 aliphatic carbocycles. The molecule has 1 aliphatic rings. The zero-order valence-corrected chi connectivity index (χ0v) is 13.6. The molecule has 7 nitrogen and oxygen atoms in total. The lowest BCUT2D eigenvalue weighted by molar-refractivity contribution is -0.110. The van der Waals surface area contributed by atoms with E-state index in [1.807, 2.05) is 6.07 Å². The van der Waals surface area contributed by atoms with Crippen LogP contribution in [0.4, 0.5) is 10.1 Å². The van der Waals surface area contributed by atoms with Crippen molar-refractivity contribution in [2.75, 3.05) is 5.32 Å². The maximum absolute atomic E-state index is 13.0. The summed E-state index contributed by atoms with van der Waals surface area (Å²) in [6, 6.07) is 11.1. The predicted molar refractivity (Wildman–Crippen MR) is 94.3 cm³/mol. The van der Waals surface area contributed by atoms with Gasteiger partial charge in [-0.05, 0) is 29.8 Å². The van der Waals surface area contributed by atoms with Crippen LogP contribution in [-0.2, 0) is 11.3 Å². The second-order valence-corrected chi connectivity index (χ2v) is 5.44. The quantitative estimate of drug-likeness (QED) is 0.761. The Morgan fingerprint density at radius 2 is 2.08 bits per heavy atom. The van der Waals surface area contributed by atoms with Crippen LogP contribution in [0.3, 0.4) is 0 Å². The van der Waals surface area contributed by atoms with Gasteiger partial charge in [0, 0.05) is 18.9 Å². The Labute approximate surface area is 149 Å². The zero-order valence-electron chi connectivity index (χ0n) is 13.6. The van der Waals surface area contributed by atoms with E-state index < -0.39 is 12.1 Å². The average molecular weight is 350 g/mol. The molecule has 0 spiro atoms. The Kier molecular flexibility index (Phi) is 5.31. The number of benzene rings is 1. The first-order valence-electron chi connectivity index (χ1n) is 7.80. The molecule has 8 heteroatoms. The highest BCUT2D eigenvalue weighted by Crippen LogP contribution is 2.08. The molecule has 0 radical (unpaired) electrons. The Hall–Kier alpha value is -3.57. The summed E-state index contributed by atoms with van der Waals surface area (Å²) < 4.78 is 13.0. The Balaban J connectivity index is 1.64. The molecular formula is C18H15FN6O. The summed E-state index contributed by atoms with van der Waals surface area (Å²) in [5.74, 6) is -0.699. The third-order valence-electron chi connectivity index (χ3n) is 3.62. The molecule has 26 heavy (non-hydrogen) atoms. The highest BCUT2D eigenvalue weighted by molar-refractivity contribution is 6.45. The summed E-state index contributed by atoms with van der Waals surface area (Å²) in [7, 11) is 0. The van der Waals surface area contributed by atoms with Gasteiger partial charge in [-0.1, -0.05) is 12.1 Å². The van der Waals surface area contributed by atoms with Crippen LogP contribution >= 0.6 is 0 Å². The van der Waals surface area contributed by atoms with Crippen molar-refractivity contribution in [2.24, 2.45) is 4.99 Å². The minimum atomic E-state index is -0.503. The molecule has 130 valence electrons. The number of carbonyl (C=O) groups is 1. The van der Waals surface area contributed by atoms with Crippen LogP contribution in [0, 0.1) is 17.1 Å². The fourth-order valence-electron chi connectivity index (χ4n) is 2.31. The van der Waals surface area contributed by atoms with Crippen LogP contribution in [-0.4, -0.2) is 22.8 Å². The van der Waals surface area contributed by atoms with Crippen LogP contribution in [0.25, 0.3) is 0 Å². The number of amides is 1. The Bertz CT molecular complexity index is 883. The molecule has 1 atom stereocenters. The summed E-state index contributed by atoms with van der Waals surface area (Å²) in [4.78, 5) is 20.5. The molecular weight excluding hydrogens is 335 g/mol. The molecule has 1 aromatic carbocycles. The normalized spacial score (nSPS) is 15.5. The minimum absolute atomic E-state index is 0.249. The van der Waals surface area contributed by atoms with Gasteiger partial charge in [0.1, 0.15) is 29.5 Å². The maximum Gasteiger partial charge on any atom is 0.273 e. The van der Waals surface area contributed by atoms with Gasteiger partial charge in [-0.3, -0.25) is 15.1 Å². The SMILES string of the molecule is N#Cc1ccc(NC(=O)C2=NC=CNC2NCc2ccc(F)cc2)cn1. The number of nitrogens with zero attached hydrogens (tertiary/aromatic N) is 3. The number of anilines is 1. The smallest absolute Gasteiger partial charge is 0.273 e. The molecule has 0 saturated carbocycles. The van der Waals surface area contributed by atoms with Crippen LogP contribution in [0.1, 0.15) is 11.3 Å². The van der Waals surface area contributed by atoms with Crippen molar-refractivity contribution in [3.63, 3.8) is 0 Å². The third kappa shape index (κ3) is 4.28. The summed E-state index contributed by atoms with van der Waals surface area (Å²) in [6.45, 7) is 0.427. The highest BCUT2D eigenvalue weighted by atomic mass is 19.1. The van der Waals surface area contributed by atoms with Gasteiger partial charge in [0.25, 0.3) is 5.91 Å². The topological polar surface area (TPSA) is 102 Å². The molecule has 2 heterocycles. The monoisotopic (exact) mass is 350 g/mol. The fourth-order valence-corrected chi connectivity index (χ4v) is 2.31. The molecule has 0 bridgehead atoms. The van der Waals surface area contributed by atoms with Gasteiger partial charge in [0.15, 0.2) is 0 Å². The van der Waals surface area contributed by atoms with E-state index in [1.54, 1.807) is 24.4 Å². The molecule has 1 aliphatic heterocycles. The van der Waals surface area contributed by atoms with Gasteiger partial charge in [0.05, 0.1) is 11.9 Å². The highest BCUT2D eigenvalue weighted by Gasteiger charge is 2.23. The van der Waals surface area contributed by atoms with E-state index in [4.69, 9.17) is 5.26 Å². The molecule has 2 aromatic rings. The van der Waals surface area contributed by atoms with Crippen molar-refractivity contribution in [3.05, 3.63) is 72.1 Å². The van der Waals surface area contributed by atoms with Gasteiger partial charge in [0.2, 0.25) is 0 Å². The number of carbonyl (C=O) groups excluding carboxylic acids is 1. The Morgan fingerprint density at radius 3 is 2.77 bits per heavy atom. The second kappa shape index (κ2) is 8.00. The largest absolute Gasteiger partial charge is 0.369 e. The van der Waals surface area contributed by atoms with Crippen molar-refractivity contribution in [1.29, 1.82) is 5.26 Å². The molecule has 0 fully saturated rings. The molecule has 1 amide bonds. The molecule has 1 unspecified atom stereocenters. The van der Waals surface area contributed by atoms with Crippen LogP contribution in [0.2, 0.25) is 0 Å². The standard InChI is InChI=1S/C18H15FN6O/c19-13-3-1-12(2-4-13)10-24-17-16(21-7-8-22-17)18(26)25-15-6-5-14(9-20)23-11-15/h1-8,11,17,22,24H,10H2,(H,25,26). The lowest BCUT2D eigenvalue weighted by atomic mass is 10.2. The fraction of sp³-hybridized carbons (Fsp3) is 0.111. The molecule has 0 saturated heterocycles. The van der Waals surface area contributed by atoms with Gasteiger partial charge >= 0.3 is 0 Å². The number of halogens is 1. The molecule has 3 N–H and O–H groups in total. The van der Waals surface area contributed by atoms with E-state index in [9.17, 15) is 9.18 Å². The van der Waals surface area contributed by atoms with E-state index in [2.05, 4.69) is 25.9 Å². The summed E-state index contributed by atoms with van der Waals surface area (Å²) in [6.07, 6.45) is 4.02. The predicted octanol–water partition coefficient (Wildman–Crippen LogP) is 1.66. The van der Waals surface area contributed by atoms with Crippen LogP contribution < -0.4 is 16.0 Å². The summed E-state index contributed by atoms with van der Waals surface area (Å²) in [5.41, 5.74) is 1.85. The first-order valence-corrected chi connectivity index (χ1v) is 7.80. The van der Waals surface area contributed by atoms with Crippen molar-refractivity contribution in [2.45, 2.75) is 12.7 Å². The Morgan fingerprint density at radius 1 is 1.27 bits per heavy atom. The number of aromatic nitrogens is 1. The van der Waals surface area contributed by atoms with E-state index in [0.717, 1.165) is 5.56 Å². The minimum Gasteiger partial charge on any atom is -0.369 e. The van der Waals surface area contributed by atoms with Gasteiger partial charge in [-0.2, -0.15) is 5.26 Å². The lowest BCUT2D eigenvalue weighted by Gasteiger charge is -2.22. The summed E-state index contributed by atoms with van der Waals surface area (Å²) in [5, 5.41) is 17.6. The van der Waals surface area contributed by atoms with Gasteiger partial charge in [-0.15, -0.1) is 0 Å². The number of hydrogen-bond acceptors (Lipinski definition) is 6. The molecule has 1 aromatic heterocycles. The number of nitriles is 1. The lowest BCUT2D eigenvalue weighted by Crippen LogP contribution is -2.51. The van der Waals surface area contributed by atoms with Crippen LogP contribution in [0.15, 0.2) is 60.0 Å². The summed E-state index contributed by atoms with van der Waals surface area (Å²) >= 11 is 0. The van der Waals surface area contributed by atoms with E-state index in [1.165, 1.54) is 30.6 Å². The van der Waals surface area contributed by atoms with E-state index in [-0.39, 0.29) is 17.2 Å². The number of rotatable bonds is 5. The van der Waals surface area contributed by atoms with Gasteiger partial charge in [-0.25, -0.2) is 9.37 Å².